The Labute approximate surface area is 104 Å². The lowest BCUT2D eigenvalue weighted by Gasteiger charge is -2.23. The van der Waals surface area contributed by atoms with Crippen LogP contribution in [-0.2, 0) is 4.74 Å². The Bertz CT molecular complexity index is 299. The minimum absolute atomic E-state index is 0.576. The second-order valence-electron chi connectivity index (χ2n) is 2.98. The summed E-state index contributed by atoms with van der Waals surface area (Å²) in [6.07, 6.45) is 1.77. The largest absolute Gasteiger partial charge is 0.383 e. The van der Waals surface area contributed by atoms with Crippen LogP contribution in [0.5, 0.6) is 0 Å². The Morgan fingerprint density at radius 3 is 2.93 bits per heavy atom. The highest BCUT2D eigenvalue weighted by Gasteiger charge is 2.09. The van der Waals surface area contributed by atoms with Gasteiger partial charge in [0.2, 0.25) is 0 Å². The third kappa shape index (κ3) is 3.97. The third-order valence-electron chi connectivity index (χ3n) is 1.96. The number of halogens is 2. The van der Waals surface area contributed by atoms with Crippen molar-refractivity contribution in [1.82, 2.24) is 4.98 Å². The maximum atomic E-state index is 5.75. The molecule has 1 aromatic heterocycles. The van der Waals surface area contributed by atoms with Crippen LogP contribution in [0.1, 0.15) is 0 Å². The van der Waals surface area contributed by atoms with Gasteiger partial charge in [-0.2, -0.15) is 0 Å². The fourth-order valence-electron chi connectivity index (χ4n) is 1.24. The molecule has 0 aliphatic carbocycles. The van der Waals surface area contributed by atoms with Crippen LogP contribution in [0, 0.1) is 0 Å². The SMILES string of the molecule is COCCN(CCCl)c1ncccc1Br. The molecule has 15 heavy (non-hydrogen) atoms. The predicted molar refractivity (Wildman–Crippen MR) is 66.7 cm³/mol. The van der Waals surface area contributed by atoms with Crippen LogP contribution >= 0.6 is 27.5 Å². The number of alkyl halides is 1. The van der Waals surface area contributed by atoms with Crippen LogP contribution in [0.25, 0.3) is 0 Å². The number of hydrogen-bond acceptors (Lipinski definition) is 3. The third-order valence-corrected chi connectivity index (χ3v) is 2.75. The number of aromatic nitrogens is 1. The van der Waals surface area contributed by atoms with Gasteiger partial charge >= 0.3 is 0 Å². The monoisotopic (exact) mass is 292 g/mol. The molecule has 0 bridgehead atoms. The van der Waals surface area contributed by atoms with E-state index in [1.165, 1.54) is 0 Å². The minimum Gasteiger partial charge on any atom is -0.383 e. The molecule has 0 aliphatic rings. The lowest BCUT2D eigenvalue weighted by atomic mass is 10.4. The fraction of sp³-hybridized carbons (Fsp3) is 0.500. The van der Waals surface area contributed by atoms with Crippen molar-refractivity contribution in [3.05, 3.63) is 22.8 Å². The number of nitrogens with zero attached hydrogens (tertiary/aromatic N) is 2. The quantitative estimate of drug-likeness (QED) is 0.754. The van der Waals surface area contributed by atoms with Crippen molar-refractivity contribution < 1.29 is 4.74 Å². The Morgan fingerprint density at radius 2 is 2.33 bits per heavy atom. The molecule has 0 atom stereocenters. The fourth-order valence-corrected chi connectivity index (χ4v) is 1.95. The zero-order valence-corrected chi connectivity index (χ0v) is 11.0. The van der Waals surface area contributed by atoms with Gasteiger partial charge in [-0.05, 0) is 28.1 Å². The van der Waals surface area contributed by atoms with Crippen molar-refractivity contribution in [3.63, 3.8) is 0 Å². The smallest absolute Gasteiger partial charge is 0.142 e. The van der Waals surface area contributed by atoms with Gasteiger partial charge < -0.3 is 9.64 Å². The summed E-state index contributed by atoms with van der Waals surface area (Å²) < 4.78 is 6.03. The van der Waals surface area contributed by atoms with E-state index in [9.17, 15) is 0 Å². The summed E-state index contributed by atoms with van der Waals surface area (Å²) in [5.41, 5.74) is 0. The number of ether oxygens (including phenoxy) is 1. The summed E-state index contributed by atoms with van der Waals surface area (Å²) in [4.78, 5) is 6.41. The molecule has 1 rings (SSSR count). The summed E-state index contributed by atoms with van der Waals surface area (Å²) in [6, 6.07) is 3.86. The molecule has 0 radical (unpaired) electrons. The second kappa shape index (κ2) is 7.04. The summed E-state index contributed by atoms with van der Waals surface area (Å²) >= 11 is 9.22. The number of rotatable bonds is 6. The zero-order valence-electron chi connectivity index (χ0n) is 8.62. The van der Waals surface area contributed by atoms with E-state index in [1.807, 2.05) is 12.1 Å². The molecule has 0 saturated carbocycles. The van der Waals surface area contributed by atoms with Gasteiger partial charge in [0.25, 0.3) is 0 Å². The molecule has 1 heterocycles. The van der Waals surface area contributed by atoms with Crippen LogP contribution in [-0.4, -0.2) is 37.7 Å². The molecule has 0 amide bonds. The lowest BCUT2D eigenvalue weighted by molar-refractivity contribution is 0.205. The molecule has 0 spiro atoms. The van der Waals surface area contributed by atoms with Gasteiger partial charge in [0.05, 0.1) is 11.1 Å². The van der Waals surface area contributed by atoms with Crippen LogP contribution in [0.3, 0.4) is 0 Å². The first-order valence-electron chi connectivity index (χ1n) is 4.70. The van der Waals surface area contributed by atoms with Gasteiger partial charge in [0.1, 0.15) is 5.82 Å². The average Bonchev–Trinajstić information content (AvgIpc) is 2.25. The molecule has 0 unspecified atom stereocenters. The van der Waals surface area contributed by atoms with Crippen molar-refractivity contribution in [1.29, 1.82) is 0 Å². The predicted octanol–water partition coefficient (Wildman–Crippen LogP) is 2.54. The first-order valence-corrected chi connectivity index (χ1v) is 6.02. The molecule has 5 heteroatoms. The highest BCUT2D eigenvalue weighted by Crippen LogP contribution is 2.22. The molecule has 84 valence electrons. The minimum atomic E-state index is 0.576. The molecule has 0 aliphatic heterocycles. The van der Waals surface area contributed by atoms with Crippen molar-refractivity contribution in [3.8, 4) is 0 Å². The normalized spacial score (nSPS) is 10.3. The number of methoxy groups -OCH3 is 1. The van der Waals surface area contributed by atoms with Crippen molar-refractivity contribution in [2.45, 2.75) is 0 Å². The van der Waals surface area contributed by atoms with Gasteiger partial charge in [0.15, 0.2) is 0 Å². The van der Waals surface area contributed by atoms with Gasteiger partial charge in [-0.1, -0.05) is 0 Å². The molecule has 1 aromatic rings. The van der Waals surface area contributed by atoms with E-state index in [2.05, 4.69) is 25.8 Å². The molecular weight excluding hydrogens is 279 g/mol. The van der Waals surface area contributed by atoms with E-state index in [1.54, 1.807) is 13.3 Å². The Morgan fingerprint density at radius 1 is 1.53 bits per heavy atom. The van der Waals surface area contributed by atoms with Crippen LogP contribution in [0.4, 0.5) is 5.82 Å². The van der Waals surface area contributed by atoms with Gasteiger partial charge in [-0.25, -0.2) is 4.98 Å². The van der Waals surface area contributed by atoms with E-state index in [0.29, 0.717) is 12.5 Å². The zero-order chi connectivity index (χ0) is 11.1. The standard InChI is InChI=1S/C10H14BrClN2O/c1-15-8-7-14(6-4-12)10-9(11)3-2-5-13-10/h2-3,5H,4,6-8H2,1H3. The highest BCUT2D eigenvalue weighted by molar-refractivity contribution is 9.10. The number of anilines is 1. The van der Waals surface area contributed by atoms with Crippen molar-refractivity contribution in [2.75, 3.05) is 37.6 Å². The van der Waals surface area contributed by atoms with Gasteiger partial charge in [0, 0.05) is 32.3 Å². The summed E-state index contributed by atoms with van der Waals surface area (Å²) in [6.45, 7) is 2.22. The molecular formula is C10H14BrClN2O. The summed E-state index contributed by atoms with van der Waals surface area (Å²) in [5, 5.41) is 0. The summed E-state index contributed by atoms with van der Waals surface area (Å²) in [7, 11) is 1.69. The Balaban J connectivity index is 2.74. The van der Waals surface area contributed by atoms with E-state index in [-0.39, 0.29) is 0 Å². The Hall–Kier alpha value is -0.320. The average molecular weight is 294 g/mol. The second-order valence-corrected chi connectivity index (χ2v) is 4.21. The van der Waals surface area contributed by atoms with E-state index >= 15 is 0 Å². The van der Waals surface area contributed by atoms with Crippen LogP contribution in [0.2, 0.25) is 0 Å². The molecule has 0 saturated heterocycles. The van der Waals surface area contributed by atoms with Crippen LogP contribution in [0.15, 0.2) is 22.8 Å². The lowest BCUT2D eigenvalue weighted by Crippen LogP contribution is -2.30. The maximum Gasteiger partial charge on any atom is 0.142 e. The van der Waals surface area contributed by atoms with Gasteiger partial charge in [-0.3, -0.25) is 0 Å². The van der Waals surface area contributed by atoms with Crippen molar-refractivity contribution in [2.24, 2.45) is 0 Å². The molecule has 0 aromatic carbocycles. The van der Waals surface area contributed by atoms with E-state index < -0.39 is 0 Å². The van der Waals surface area contributed by atoms with E-state index in [0.717, 1.165) is 23.4 Å². The number of hydrogen-bond donors (Lipinski definition) is 0. The highest BCUT2D eigenvalue weighted by atomic mass is 79.9. The molecule has 3 nitrogen and oxygen atoms in total. The van der Waals surface area contributed by atoms with Crippen molar-refractivity contribution >= 4 is 33.3 Å². The first kappa shape index (κ1) is 12.7. The first-order chi connectivity index (χ1) is 7.29. The van der Waals surface area contributed by atoms with E-state index in [4.69, 9.17) is 16.3 Å². The molecule has 0 N–H and O–H groups in total. The number of pyridine rings is 1. The van der Waals surface area contributed by atoms with Crippen LogP contribution < -0.4 is 4.90 Å². The van der Waals surface area contributed by atoms with Gasteiger partial charge in [-0.15, -0.1) is 11.6 Å². The Kier molecular flexibility index (Phi) is 5.98. The maximum absolute atomic E-state index is 5.75. The topological polar surface area (TPSA) is 25.4 Å². The molecule has 0 fully saturated rings. The summed E-state index contributed by atoms with van der Waals surface area (Å²) in [5.74, 6) is 1.49.